The van der Waals surface area contributed by atoms with Crippen LogP contribution in [0.15, 0.2) is 42.7 Å². The summed E-state index contributed by atoms with van der Waals surface area (Å²) in [4.78, 5) is 15.9. The van der Waals surface area contributed by atoms with Crippen molar-refractivity contribution in [1.29, 1.82) is 0 Å². The minimum atomic E-state index is -0.202. The van der Waals surface area contributed by atoms with Crippen molar-refractivity contribution in [3.05, 3.63) is 42.7 Å². The molecule has 0 aliphatic heterocycles. The van der Waals surface area contributed by atoms with Gasteiger partial charge in [-0.05, 0) is 30.3 Å². The number of hydrogen-bond donors (Lipinski definition) is 2. The van der Waals surface area contributed by atoms with Crippen LogP contribution in [0.25, 0.3) is 16.9 Å². The van der Waals surface area contributed by atoms with Crippen molar-refractivity contribution in [3.8, 4) is 22.8 Å². The summed E-state index contributed by atoms with van der Waals surface area (Å²) >= 11 is 0. The normalized spacial score (nSPS) is 10.6. The van der Waals surface area contributed by atoms with E-state index in [4.69, 9.17) is 15.2 Å². The molecule has 3 rings (SSSR count). The van der Waals surface area contributed by atoms with Gasteiger partial charge in [0.1, 0.15) is 5.75 Å². The number of carbonyl (C=O) groups is 1. The molecule has 1 aromatic carbocycles. The molecule has 0 atom stereocenters. The van der Waals surface area contributed by atoms with Crippen molar-refractivity contribution in [3.63, 3.8) is 0 Å². The highest BCUT2D eigenvalue weighted by atomic mass is 16.5. The Morgan fingerprint density at radius 2 is 2.17 bits per heavy atom. The lowest BCUT2D eigenvalue weighted by atomic mass is 10.1. The molecule has 0 aliphatic rings. The number of anilines is 1. The van der Waals surface area contributed by atoms with E-state index in [9.17, 15) is 4.79 Å². The van der Waals surface area contributed by atoms with Gasteiger partial charge in [0.2, 0.25) is 0 Å². The zero-order valence-corrected chi connectivity index (χ0v) is 13.4. The minimum Gasteiger partial charge on any atom is -0.495 e. The highest BCUT2D eigenvalue weighted by Crippen LogP contribution is 2.29. The molecule has 0 radical (unpaired) electrons. The maximum Gasteiger partial charge on any atom is 0.257 e. The van der Waals surface area contributed by atoms with Crippen molar-refractivity contribution in [2.24, 2.45) is 0 Å². The number of benzene rings is 1. The maximum absolute atomic E-state index is 11.4. The van der Waals surface area contributed by atoms with Crippen LogP contribution in [0, 0.1) is 0 Å². The second-order valence-electron chi connectivity index (χ2n) is 5.15. The molecule has 24 heavy (non-hydrogen) atoms. The first-order valence-corrected chi connectivity index (χ1v) is 7.37. The third-order valence-electron chi connectivity index (χ3n) is 3.61. The molecule has 0 spiro atoms. The van der Waals surface area contributed by atoms with Gasteiger partial charge < -0.3 is 24.9 Å². The summed E-state index contributed by atoms with van der Waals surface area (Å²) in [5.74, 6) is 0.956. The summed E-state index contributed by atoms with van der Waals surface area (Å²) in [5, 5.41) is 2.51. The van der Waals surface area contributed by atoms with Crippen LogP contribution in [-0.4, -0.2) is 36.1 Å². The lowest BCUT2D eigenvalue weighted by Crippen LogP contribution is -2.24. The molecule has 3 aromatic rings. The molecule has 0 aliphatic carbocycles. The van der Waals surface area contributed by atoms with Crippen LogP contribution in [0.4, 0.5) is 5.69 Å². The van der Waals surface area contributed by atoms with Crippen LogP contribution in [-0.2, 0) is 4.79 Å². The molecule has 2 heterocycles. The smallest absolute Gasteiger partial charge is 0.257 e. The number of nitrogens with two attached hydrogens (primary N) is 1. The van der Waals surface area contributed by atoms with Crippen molar-refractivity contribution in [2.75, 3.05) is 26.5 Å². The minimum absolute atomic E-state index is 0.0617. The predicted octanol–water partition coefficient (Wildman–Crippen LogP) is 1.72. The fraction of sp³-hybridized carbons (Fsp3) is 0.176. The van der Waals surface area contributed by atoms with Gasteiger partial charge >= 0.3 is 0 Å². The number of imidazole rings is 1. The maximum atomic E-state index is 11.4. The molecule has 0 saturated carbocycles. The average Bonchev–Trinajstić information content (AvgIpc) is 3.04. The van der Waals surface area contributed by atoms with Crippen molar-refractivity contribution in [1.82, 2.24) is 14.7 Å². The number of nitrogens with zero attached hydrogens (tertiary/aromatic N) is 2. The lowest BCUT2D eigenvalue weighted by molar-refractivity contribution is -0.122. The number of amides is 1. The van der Waals surface area contributed by atoms with E-state index in [1.54, 1.807) is 26.3 Å². The number of likely N-dealkylation sites (N-methyl/N-ethyl adjacent to an activating group) is 1. The molecule has 124 valence electrons. The monoisotopic (exact) mass is 326 g/mol. The first-order chi connectivity index (χ1) is 11.6. The lowest BCUT2D eigenvalue weighted by Gasteiger charge is -2.06. The largest absolute Gasteiger partial charge is 0.495 e. The van der Waals surface area contributed by atoms with Gasteiger partial charge in [-0.25, -0.2) is 4.98 Å². The number of rotatable bonds is 5. The number of hydrogen-bond acceptors (Lipinski definition) is 5. The molecule has 0 unspecified atom stereocenters. The number of fused-ring (bicyclic) bond motifs is 1. The van der Waals surface area contributed by atoms with Gasteiger partial charge in [0.25, 0.3) is 5.91 Å². The molecule has 1 amide bonds. The molecule has 7 nitrogen and oxygen atoms in total. The fourth-order valence-corrected chi connectivity index (χ4v) is 2.35. The van der Waals surface area contributed by atoms with E-state index in [2.05, 4.69) is 10.3 Å². The van der Waals surface area contributed by atoms with Crippen molar-refractivity contribution in [2.45, 2.75) is 0 Å². The van der Waals surface area contributed by atoms with Gasteiger partial charge in [-0.3, -0.25) is 4.79 Å². The molecule has 0 saturated heterocycles. The first kappa shape index (κ1) is 15.7. The standard InChI is InChI=1S/C17H18N4O3/c1-19-16(22)10-24-15-4-3-7-21-9-13(20-17(15)21)11-5-6-14(23-2)12(18)8-11/h3-9H,10,18H2,1-2H3,(H,19,22). The summed E-state index contributed by atoms with van der Waals surface area (Å²) in [6.45, 7) is -0.0617. The zero-order chi connectivity index (χ0) is 17.1. The van der Waals surface area contributed by atoms with Gasteiger partial charge in [0, 0.05) is 25.0 Å². The Kier molecular flexibility index (Phi) is 4.24. The molecular weight excluding hydrogens is 308 g/mol. The third-order valence-corrected chi connectivity index (χ3v) is 3.61. The first-order valence-electron chi connectivity index (χ1n) is 7.37. The van der Waals surface area contributed by atoms with Gasteiger partial charge in [0.15, 0.2) is 18.0 Å². The van der Waals surface area contributed by atoms with Gasteiger partial charge in [0.05, 0.1) is 18.5 Å². The van der Waals surface area contributed by atoms with E-state index in [-0.39, 0.29) is 12.5 Å². The number of methoxy groups -OCH3 is 1. The number of ether oxygens (including phenoxy) is 2. The van der Waals surface area contributed by atoms with Crippen LogP contribution >= 0.6 is 0 Å². The van der Waals surface area contributed by atoms with E-state index in [0.717, 1.165) is 11.3 Å². The zero-order valence-electron chi connectivity index (χ0n) is 13.4. The van der Waals surface area contributed by atoms with Crippen LogP contribution in [0.1, 0.15) is 0 Å². The summed E-state index contributed by atoms with van der Waals surface area (Å²) in [6.07, 6.45) is 3.74. The Morgan fingerprint density at radius 3 is 2.88 bits per heavy atom. The van der Waals surface area contributed by atoms with Gasteiger partial charge in [-0.15, -0.1) is 0 Å². The number of aromatic nitrogens is 2. The van der Waals surface area contributed by atoms with Crippen LogP contribution in [0.5, 0.6) is 11.5 Å². The van der Waals surface area contributed by atoms with Gasteiger partial charge in [-0.2, -0.15) is 0 Å². The number of carbonyl (C=O) groups excluding carboxylic acids is 1. The van der Waals surface area contributed by atoms with E-state index < -0.39 is 0 Å². The Hall–Kier alpha value is -3.22. The average molecular weight is 326 g/mol. The van der Waals surface area contributed by atoms with E-state index >= 15 is 0 Å². The highest BCUT2D eigenvalue weighted by molar-refractivity contribution is 5.77. The molecule has 7 heteroatoms. The summed E-state index contributed by atoms with van der Waals surface area (Å²) in [6, 6.07) is 9.11. The highest BCUT2D eigenvalue weighted by Gasteiger charge is 2.11. The SMILES string of the molecule is CNC(=O)COc1cccn2cc(-c3ccc(OC)c(N)c3)nc12. The molecule has 2 aromatic heterocycles. The number of nitrogens with one attached hydrogen (secondary N) is 1. The van der Waals surface area contributed by atoms with Gasteiger partial charge in [-0.1, -0.05) is 0 Å². The summed E-state index contributed by atoms with van der Waals surface area (Å²) in [7, 11) is 3.14. The van der Waals surface area contributed by atoms with Crippen molar-refractivity contribution < 1.29 is 14.3 Å². The number of nitrogen functional groups attached to an aromatic ring is 1. The number of pyridine rings is 1. The van der Waals surface area contributed by atoms with Crippen LogP contribution in [0.3, 0.4) is 0 Å². The molecule has 0 bridgehead atoms. The second-order valence-corrected chi connectivity index (χ2v) is 5.15. The molecule has 0 fully saturated rings. The summed E-state index contributed by atoms with van der Waals surface area (Å²) < 4.78 is 12.6. The Bertz CT molecular complexity index is 889. The Balaban J connectivity index is 1.96. The molecule has 3 N–H and O–H groups in total. The van der Waals surface area contributed by atoms with Crippen LogP contribution in [0.2, 0.25) is 0 Å². The van der Waals surface area contributed by atoms with E-state index in [1.807, 2.05) is 35.0 Å². The molecular formula is C17H18N4O3. The second kappa shape index (κ2) is 6.49. The summed E-state index contributed by atoms with van der Waals surface area (Å²) in [5.41, 5.74) is 8.76. The Labute approximate surface area is 139 Å². The quantitative estimate of drug-likeness (QED) is 0.697. The fourth-order valence-electron chi connectivity index (χ4n) is 2.35. The van der Waals surface area contributed by atoms with Crippen LogP contribution < -0.4 is 20.5 Å². The third kappa shape index (κ3) is 2.96. The van der Waals surface area contributed by atoms with E-state index in [0.29, 0.717) is 22.8 Å². The van der Waals surface area contributed by atoms with E-state index in [1.165, 1.54) is 0 Å². The predicted molar refractivity (Wildman–Crippen MR) is 91.2 cm³/mol. The Morgan fingerprint density at radius 1 is 1.33 bits per heavy atom. The topological polar surface area (TPSA) is 90.9 Å². The van der Waals surface area contributed by atoms with Crippen molar-refractivity contribution >= 4 is 17.2 Å².